The smallest absolute Gasteiger partial charge is 0.256 e. The van der Waals surface area contributed by atoms with Gasteiger partial charge >= 0.3 is 0 Å². The molecule has 0 unspecified atom stereocenters. The van der Waals surface area contributed by atoms with Gasteiger partial charge in [0.25, 0.3) is 5.91 Å². The maximum absolute atomic E-state index is 12.7. The van der Waals surface area contributed by atoms with Crippen LogP contribution in [0.5, 0.6) is 5.75 Å². The number of nitriles is 1. The second kappa shape index (κ2) is 15.8. The molecule has 3 aromatic heterocycles. The Morgan fingerprint density at radius 1 is 0.932 bits per heavy atom. The summed E-state index contributed by atoms with van der Waals surface area (Å²) >= 11 is 0. The molecule has 0 fully saturated rings. The van der Waals surface area contributed by atoms with E-state index >= 15 is 0 Å². The van der Waals surface area contributed by atoms with Crippen LogP contribution in [0.3, 0.4) is 0 Å². The van der Waals surface area contributed by atoms with Crippen LogP contribution in [0, 0.1) is 18.3 Å². The van der Waals surface area contributed by atoms with Crippen molar-refractivity contribution >= 4 is 59.1 Å². The van der Waals surface area contributed by atoms with Crippen LogP contribution in [-0.4, -0.2) is 75.8 Å². The van der Waals surface area contributed by atoms with E-state index in [0.717, 1.165) is 10.7 Å². The number of anilines is 1. The quantitative estimate of drug-likeness (QED) is 0.0902. The number of aromatic nitrogens is 5. The first kappa shape index (κ1) is 42.3. The summed E-state index contributed by atoms with van der Waals surface area (Å²) in [6, 6.07) is 15.3. The minimum Gasteiger partial charge on any atom is -0.744 e. The van der Waals surface area contributed by atoms with Gasteiger partial charge in [0.1, 0.15) is 59.2 Å². The summed E-state index contributed by atoms with van der Waals surface area (Å²) in [4.78, 5) is 15.0. The van der Waals surface area contributed by atoms with Crippen molar-refractivity contribution < 1.29 is 48.4 Å². The summed E-state index contributed by atoms with van der Waals surface area (Å²) in [6.07, 6.45) is 2.66. The molecule has 2 N–H and O–H groups in total. The van der Waals surface area contributed by atoms with Gasteiger partial charge in [-0.2, -0.15) is 10.4 Å². The molecule has 0 radical (unpaired) electrons. The number of carbonyl (C=O) groups is 1. The standard InChI is InChI=1S/C36H35N9O11S3/c1-21-26(19-37)33(45(42-21)28-18-24(57(47,48)49)15-16-30(28)59(53,54)55)41-40-32-27(36(2,3)4)20-44-34(32)39-31(43-44)10-7-17-56-23-13-11-22(12-14-23)38-35(46)25-8-5-6-9-29(25)58(50,51)52/h5-6,8-9,11-16,18,20H,7,10,17H2,1-4H3,(H,38,46)(H,39,43)(H,47,48,49)(H,50,51,52)(H,53,54,55)/p-3. The molecule has 0 aliphatic rings. The Bertz CT molecular complexity index is 3030. The number of H-pyrrole nitrogens is 1. The molecule has 0 aliphatic carbocycles. The van der Waals surface area contributed by atoms with E-state index in [1.54, 1.807) is 35.0 Å². The zero-order valence-electron chi connectivity index (χ0n) is 31.4. The van der Waals surface area contributed by atoms with Gasteiger partial charge in [0.15, 0.2) is 11.5 Å². The zero-order chi connectivity index (χ0) is 43.1. The molecule has 1 amide bonds. The number of azo groups is 1. The summed E-state index contributed by atoms with van der Waals surface area (Å²) in [7, 11) is -15.2. The summed E-state index contributed by atoms with van der Waals surface area (Å²) in [6.45, 7) is 7.40. The first-order valence-electron chi connectivity index (χ1n) is 17.2. The molecule has 6 aromatic rings. The number of rotatable bonds is 13. The van der Waals surface area contributed by atoms with Gasteiger partial charge in [0, 0.05) is 23.9 Å². The van der Waals surface area contributed by atoms with E-state index in [4.69, 9.17) is 9.72 Å². The monoisotopic (exact) mass is 862 g/mol. The van der Waals surface area contributed by atoms with Gasteiger partial charge in [0.05, 0.1) is 38.2 Å². The van der Waals surface area contributed by atoms with Gasteiger partial charge in [-0.15, -0.1) is 10.2 Å². The molecular formula is C36H32N9O11S3-3. The Hall–Kier alpha value is -6.29. The number of fused-ring (bicyclic) bond motifs is 1. The number of aromatic amines is 1. The lowest BCUT2D eigenvalue weighted by Crippen LogP contribution is -2.16. The highest BCUT2D eigenvalue weighted by atomic mass is 32.2. The second-order valence-electron chi connectivity index (χ2n) is 13.9. The summed E-state index contributed by atoms with van der Waals surface area (Å²) in [5, 5.41) is 28.5. The average Bonchev–Trinajstić information content (AvgIpc) is 3.82. The fourth-order valence-electron chi connectivity index (χ4n) is 5.90. The van der Waals surface area contributed by atoms with Crippen molar-refractivity contribution in [1.82, 2.24) is 24.4 Å². The van der Waals surface area contributed by atoms with Crippen molar-refractivity contribution in [2.75, 3.05) is 11.9 Å². The average molecular weight is 863 g/mol. The third kappa shape index (κ3) is 9.22. The Morgan fingerprint density at radius 2 is 1.61 bits per heavy atom. The van der Waals surface area contributed by atoms with E-state index in [2.05, 4.69) is 25.7 Å². The van der Waals surface area contributed by atoms with E-state index in [9.17, 15) is 49.0 Å². The normalized spacial score (nSPS) is 12.6. The van der Waals surface area contributed by atoms with Gasteiger partial charge < -0.3 is 23.7 Å². The van der Waals surface area contributed by atoms with E-state index in [1.165, 1.54) is 25.1 Å². The second-order valence-corrected chi connectivity index (χ2v) is 18.0. The maximum atomic E-state index is 12.7. The number of hydrogen-bond donors (Lipinski definition) is 2. The van der Waals surface area contributed by atoms with Crippen LogP contribution in [0.1, 0.15) is 60.2 Å². The highest BCUT2D eigenvalue weighted by molar-refractivity contribution is 7.86. The molecule has 0 atom stereocenters. The number of aryl methyl sites for hydroxylation is 2. The molecule has 0 saturated carbocycles. The van der Waals surface area contributed by atoms with Gasteiger partial charge in [-0.25, -0.2) is 39.4 Å². The van der Waals surface area contributed by atoms with Crippen molar-refractivity contribution in [3.63, 3.8) is 0 Å². The molecule has 3 aromatic carbocycles. The largest absolute Gasteiger partial charge is 0.744 e. The van der Waals surface area contributed by atoms with Gasteiger partial charge in [-0.1, -0.05) is 32.9 Å². The highest BCUT2D eigenvalue weighted by Gasteiger charge is 2.26. The van der Waals surface area contributed by atoms with Crippen LogP contribution in [0.2, 0.25) is 0 Å². The van der Waals surface area contributed by atoms with Crippen LogP contribution in [0.4, 0.5) is 17.2 Å². The van der Waals surface area contributed by atoms with Crippen molar-refractivity contribution in [2.24, 2.45) is 10.2 Å². The Balaban J connectivity index is 1.21. The minimum absolute atomic E-state index is 0.0361. The maximum Gasteiger partial charge on any atom is 0.256 e. The lowest BCUT2D eigenvalue weighted by Gasteiger charge is -2.17. The predicted octanol–water partition coefficient (Wildman–Crippen LogP) is 4.72. The molecule has 23 heteroatoms. The van der Waals surface area contributed by atoms with E-state index < -0.39 is 62.1 Å². The molecule has 0 spiro atoms. The number of amides is 1. The van der Waals surface area contributed by atoms with Gasteiger partial charge in [-0.05, 0) is 73.4 Å². The van der Waals surface area contributed by atoms with Crippen LogP contribution >= 0.6 is 0 Å². The van der Waals surface area contributed by atoms with Gasteiger partial charge in [-0.3, -0.25) is 9.89 Å². The third-order valence-corrected chi connectivity index (χ3v) is 11.3. The van der Waals surface area contributed by atoms with Crippen LogP contribution < -0.4 is 10.1 Å². The highest BCUT2D eigenvalue weighted by Crippen LogP contribution is 2.38. The molecule has 20 nitrogen and oxygen atoms in total. The van der Waals surface area contributed by atoms with E-state index in [1.807, 2.05) is 26.8 Å². The molecule has 59 heavy (non-hydrogen) atoms. The van der Waals surface area contributed by atoms with E-state index in [-0.39, 0.29) is 34.9 Å². The number of benzene rings is 3. The first-order chi connectivity index (χ1) is 27.6. The Kier molecular flexibility index (Phi) is 11.3. The zero-order valence-corrected chi connectivity index (χ0v) is 33.8. The number of hydrogen-bond acceptors (Lipinski definition) is 16. The summed E-state index contributed by atoms with van der Waals surface area (Å²) in [5.41, 5.74) is 0.0366. The van der Waals surface area contributed by atoms with Crippen LogP contribution in [0.25, 0.3) is 11.3 Å². The molecule has 308 valence electrons. The number of carbonyl (C=O) groups excluding carboxylic acids is 1. The first-order valence-corrected chi connectivity index (χ1v) is 21.5. The molecule has 3 heterocycles. The SMILES string of the molecule is Cc1nn(-c2cc(S(=O)(=O)[O-])ccc2S(=O)(=O)[O-])c(N=Nc2c(C(C)(C)C)cn3[nH]c(CCCOc4ccc(NC(=O)c5ccccc5S(=O)(=O)[O-])cc4)nc23)c1C#N. The fraction of sp³-hybridized carbons (Fsp3) is 0.222. The Labute approximate surface area is 337 Å². The number of nitrogens with zero attached hydrogens (tertiary/aromatic N) is 7. The number of ether oxygens (including phenoxy) is 1. The Morgan fingerprint density at radius 3 is 2.24 bits per heavy atom. The van der Waals surface area contributed by atoms with Crippen molar-refractivity contribution in [2.45, 2.75) is 60.6 Å². The lowest BCUT2D eigenvalue weighted by molar-refractivity contribution is 0.102. The topological polar surface area (TPSA) is 309 Å². The van der Waals surface area contributed by atoms with E-state index in [0.29, 0.717) is 59.5 Å². The molecule has 0 bridgehead atoms. The summed E-state index contributed by atoms with van der Waals surface area (Å²) in [5.74, 6) is -0.106. The summed E-state index contributed by atoms with van der Waals surface area (Å²) < 4.78 is 115. The third-order valence-electron chi connectivity index (χ3n) is 8.70. The van der Waals surface area contributed by atoms with Crippen molar-refractivity contribution in [3.8, 4) is 17.5 Å². The van der Waals surface area contributed by atoms with Crippen molar-refractivity contribution in [3.05, 3.63) is 101 Å². The molecule has 0 saturated heterocycles. The van der Waals surface area contributed by atoms with Crippen LogP contribution in [0.15, 0.2) is 97.8 Å². The predicted molar refractivity (Wildman–Crippen MR) is 204 cm³/mol. The van der Waals surface area contributed by atoms with Crippen molar-refractivity contribution in [1.29, 1.82) is 5.26 Å². The fourth-order valence-corrected chi connectivity index (χ4v) is 7.70. The molecule has 6 rings (SSSR count). The lowest BCUT2D eigenvalue weighted by atomic mass is 9.88. The van der Waals surface area contributed by atoms with Gasteiger partial charge in [0.2, 0.25) is 0 Å². The molecule has 0 aliphatic heterocycles. The molecular weight excluding hydrogens is 831 g/mol. The number of nitrogens with one attached hydrogen (secondary N) is 2. The van der Waals surface area contributed by atoms with Crippen LogP contribution in [-0.2, 0) is 42.2 Å². The minimum atomic E-state index is -5.25.